The average molecular weight is 742 g/mol. The fourth-order valence-electron chi connectivity index (χ4n) is 9.41. The molecular weight excluding hydrogens is 711 g/mol. The third kappa shape index (κ3) is 4.40. The number of hydrogen-bond donors (Lipinski definition) is 0. The van der Waals surface area contributed by atoms with Crippen LogP contribution in [0.15, 0.2) is 201 Å². The maximum atomic E-state index is 7.19. The second-order valence-electron chi connectivity index (χ2n) is 15.2. The van der Waals surface area contributed by atoms with Crippen molar-refractivity contribution >= 4 is 87.6 Å². The lowest BCUT2D eigenvalue weighted by Gasteiger charge is -2.12. The van der Waals surface area contributed by atoms with Crippen molar-refractivity contribution in [2.75, 3.05) is 0 Å². The highest BCUT2D eigenvalue weighted by molar-refractivity contribution is 6.19. The Bertz CT molecular complexity index is 3800. The lowest BCUT2D eigenvalue weighted by molar-refractivity contribution is 0.663. The van der Waals surface area contributed by atoms with E-state index in [1.807, 2.05) is 24.3 Å². The predicted molar refractivity (Wildman–Crippen MR) is 239 cm³/mol. The van der Waals surface area contributed by atoms with Gasteiger partial charge in [-0.15, -0.1) is 0 Å². The van der Waals surface area contributed by atoms with Gasteiger partial charge in [0.1, 0.15) is 33.5 Å². The van der Waals surface area contributed by atoms with Crippen LogP contribution in [0, 0.1) is 0 Å². The first-order chi connectivity index (χ1) is 28.8. The molecule has 0 aliphatic rings. The Morgan fingerprint density at radius 1 is 0.276 bits per heavy atom. The highest BCUT2D eigenvalue weighted by Crippen LogP contribution is 2.47. The van der Waals surface area contributed by atoms with Crippen molar-refractivity contribution in [1.29, 1.82) is 0 Å². The van der Waals surface area contributed by atoms with E-state index in [1.54, 1.807) is 0 Å². The number of para-hydroxylation sites is 6. The van der Waals surface area contributed by atoms with Crippen LogP contribution in [0.4, 0.5) is 0 Å². The predicted octanol–water partition coefficient (Wildman–Crippen LogP) is 15.5. The van der Waals surface area contributed by atoms with Gasteiger partial charge in [-0.2, -0.15) is 0 Å². The van der Waals surface area contributed by atoms with E-state index in [0.29, 0.717) is 0 Å². The molecule has 4 aromatic heterocycles. The number of benzene rings is 9. The normalized spacial score (nSPS) is 12.1. The highest BCUT2D eigenvalue weighted by Gasteiger charge is 2.23. The van der Waals surface area contributed by atoms with Crippen LogP contribution in [0.5, 0.6) is 0 Å². The number of furan rings is 3. The van der Waals surface area contributed by atoms with Crippen LogP contribution in [0.1, 0.15) is 0 Å². The summed E-state index contributed by atoms with van der Waals surface area (Å²) in [7, 11) is 0. The SMILES string of the molecule is c1ccc(-c2ccc3c(c2)c2ccccc2n3-c2cc(-c3cccc4c3oc3ccccc34)c3oc4c(-c5cccc6c5oc5ccccc56)cccc4c3c2)cc1. The fourth-order valence-corrected chi connectivity index (χ4v) is 9.41. The molecule has 0 spiro atoms. The van der Waals surface area contributed by atoms with Gasteiger partial charge in [0.15, 0.2) is 0 Å². The number of aromatic nitrogens is 1. The Balaban J connectivity index is 1.13. The molecule has 4 nitrogen and oxygen atoms in total. The molecule has 0 aliphatic heterocycles. The zero-order chi connectivity index (χ0) is 37.9. The summed E-state index contributed by atoms with van der Waals surface area (Å²) in [4.78, 5) is 0. The van der Waals surface area contributed by atoms with Gasteiger partial charge < -0.3 is 17.8 Å². The molecule has 0 unspecified atom stereocenters. The summed E-state index contributed by atoms with van der Waals surface area (Å²) in [6.07, 6.45) is 0. The number of rotatable bonds is 4. The zero-order valence-corrected chi connectivity index (χ0v) is 31.1. The highest BCUT2D eigenvalue weighted by atomic mass is 16.3. The van der Waals surface area contributed by atoms with Crippen LogP contribution in [-0.2, 0) is 0 Å². The van der Waals surface area contributed by atoms with Gasteiger partial charge in [-0.25, -0.2) is 0 Å². The van der Waals surface area contributed by atoms with Crippen LogP contribution < -0.4 is 0 Å². The first-order valence-corrected chi connectivity index (χ1v) is 19.7. The summed E-state index contributed by atoms with van der Waals surface area (Å²) in [5.74, 6) is 0. The second kappa shape index (κ2) is 11.8. The van der Waals surface area contributed by atoms with E-state index >= 15 is 0 Å². The summed E-state index contributed by atoms with van der Waals surface area (Å²) in [5.41, 5.74) is 14.7. The monoisotopic (exact) mass is 741 g/mol. The molecule has 0 aliphatic carbocycles. The van der Waals surface area contributed by atoms with Gasteiger partial charge in [0.25, 0.3) is 0 Å². The summed E-state index contributed by atoms with van der Waals surface area (Å²) in [6, 6.07) is 66.5. The first-order valence-electron chi connectivity index (χ1n) is 19.7. The van der Waals surface area contributed by atoms with Crippen LogP contribution in [-0.4, -0.2) is 4.57 Å². The maximum absolute atomic E-state index is 7.19. The standard InChI is InChI=1S/C54H31NO3/c1-2-13-32(14-3-1)33-27-28-48-44(29-33)35-15-4-7-24-47(35)55(48)34-30-45(42-22-11-19-39-37-17-6-9-26-50(37)57-52(39)42)54-46(31-34)43-23-12-21-41(53(43)58-54)40-20-10-18-38-36-16-5-8-25-49(36)56-51(38)40/h1-31H. The average Bonchev–Trinajstić information content (AvgIpc) is 4.05. The summed E-state index contributed by atoms with van der Waals surface area (Å²) >= 11 is 0. The van der Waals surface area contributed by atoms with E-state index in [2.05, 4.69) is 168 Å². The molecule has 4 heterocycles. The molecule has 270 valence electrons. The molecule has 13 rings (SSSR count). The Morgan fingerprint density at radius 3 is 1.45 bits per heavy atom. The van der Waals surface area contributed by atoms with Crippen LogP contribution in [0.25, 0.3) is 127 Å². The van der Waals surface area contributed by atoms with Crippen molar-refractivity contribution in [3.63, 3.8) is 0 Å². The van der Waals surface area contributed by atoms with Crippen molar-refractivity contribution < 1.29 is 13.3 Å². The fraction of sp³-hybridized carbons (Fsp3) is 0. The molecule has 9 aromatic carbocycles. The van der Waals surface area contributed by atoms with Crippen molar-refractivity contribution in [2.45, 2.75) is 0 Å². The molecule has 58 heavy (non-hydrogen) atoms. The minimum Gasteiger partial charge on any atom is -0.455 e. The molecule has 13 aromatic rings. The van der Waals surface area contributed by atoms with Gasteiger partial charge in [-0.3, -0.25) is 0 Å². The molecule has 0 amide bonds. The van der Waals surface area contributed by atoms with E-state index in [9.17, 15) is 0 Å². The largest absolute Gasteiger partial charge is 0.455 e. The van der Waals surface area contributed by atoms with Crippen molar-refractivity contribution in [3.05, 3.63) is 188 Å². The first kappa shape index (κ1) is 31.4. The topological polar surface area (TPSA) is 44.4 Å². The number of hydrogen-bond acceptors (Lipinski definition) is 3. The van der Waals surface area contributed by atoms with Gasteiger partial charge in [0.05, 0.1) is 11.0 Å². The smallest absolute Gasteiger partial charge is 0.143 e. The van der Waals surface area contributed by atoms with E-state index < -0.39 is 0 Å². The third-order valence-corrected chi connectivity index (χ3v) is 12.0. The van der Waals surface area contributed by atoms with Crippen LogP contribution in [0.2, 0.25) is 0 Å². The molecule has 0 atom stereocenters. The zero-order valence-electron chi connectivity index (χ0n) is 31.1. The summed E-state index contributed by atoms with van der Waals surface area (Å²) < 4.78 is 22.8. The van der Waals surface area contributed by atoms with Gasteiger partial charge in [-0.05, 0) is 53.6 Å². The molecule has 0 bridgehead atoms. The van der Waals surface area contributed by atoms with E-state index in [0.717, 1.165) is 105 Å². The number of fused-ring (bicyclic) bond motifs is 12. The molecule has 0 saturated heterocycles. The molecule has 0 radical (unpaired) electrons. The van der Waals surface area contributed by atoms with Crippen LogP contribution >= 0.6 is 0 Å². The minimum atomic E-state index is 0.808. The lowest BCUT2D eigenvalue weighted by Crippen LogP contribution is -1.95. The molecule has 4 heteroatoms. The molecular formula is C54H31NO3. The molecule has 0 N–H and O–H groups in total. The Kier molecular flexibility index (Phi) is 6.41. The second-order valence-corrected chi connectivity index (χ2v) is 15.2. The summed E-state index contributed by atoms with van der Waals surface area (Å²) in [6.45, 7) is 0. The van der Waals surface area contributed by atoms with Gasteiger partial charge in [0, 0.05) is 71.0 Å². The maximum Gasteiger partial charge on any atom is 0.143 e. The van der Waals surface area contributed by atoms with E-state index in [-0.39, 0.29) is 0 Å². The van der Waals surface area contributed by atoms with Crippen molar-refractivity contribution in [2.24, 2.45) is 0 Å². The minimum absolute atomic E-state index is 0.808. The van der Waals surface area contributed by atoms with Crippen molar-refractivity contribution in [3.8, 4) is 39.1 Å². The third-order valence-electron chi connectivity index (χ3n) is 12.0. The van der Waals surface area contributed by atoms with Gasteiger partial charge >= 0.3 is 0 Å². The Morgan fingerprint density at radius 2 is 0.776 bits per heavy atom. The van der Waals surface area contributed by atoms with E-state index in [4.69, 9.17) is 13.3 Å². The quantitative estimate of drug-likeness (QED) is 0.180. The van der Waals surface area contributed by atoms with E-state index in [1.165, 1.54) is 21.9 Å². The lowest BCUT2D eigenvalue weighted by atomic mass is 9.97. The summed E-state index contributed by atoms with van der Waals surface area (Å²) in [5, 5.41) is 8.82. The molecule has 0 saturated carbocycles. The van der Waals surface area contributed by atoms with Crippen LogP contribution in [0.3, 0.4) is 0 Å². The van der Waals surface area contributed by atoms with Crippen molar-refractivity contribution in [1.82, 2.24) is 4.57 Å². The van der Waals surface area contributed by atoms with Gasteiger partial charge in [-0.1, -0.05) is 146 Å². The Hall–Kier alpha value is -7.82. The Labute approximate surface area is 331 Å². The van der Waals surface area contributed by atoms with Gasteiger partial charge in [0.2, 0.25) is 0 Å². The number of nitrogens with zero attached hydrogens (tertiary/aromatic N) is 1. The molecule has 0 fully saturated rings.